The summed E-state index contributed by atoms with van der Waals surface area (Å²) in [5, 5.41) is 4.96. The van der Waals surface area contributed by atoms with E-state index in [1.807, 2.05) is 0 Å². The van der Waals surface area contributed by atoms with Crippen LogP contribution in [0.1, 0.15) is 0 Å². The van der Waals surface area contributed by atoms with Crippen molar-refractivity contribution in [2.24, 2.45) is 0 Å². The summed E-state index contributed by atoms with van der Waals surface area (Å²) in [6.45, 7) is 0. The van der Waals surface area contributed by atoms with Crippen LogP contribution in [0.4, 0.5) is 34.1 Å². The van der Waals surface area contributed by atoms with Gasteiger partial charge in [0.2, 0.25) is 0 Å². The van der Waals surface area contributed by atoms with Crippen molar-refractivity contribution in [1.29, 1.82) is 0 Å². The average Bonchev–Trinajstić information content (AvgIpc) is 3.75. The number of hydrogen-bond donors (Lipinski definition) is 0. The maximum atomic E-state index is 2.40. The third kappa shape index (κ3) is 10.0. The van der Waals surface area contributed by atoms with Crippen LogP contribution in [0.5, 0.6) is 0 Å². The Morgan fingerprint density at radius 3 is 0.695 bits per heavy atom. The second-order valence-electron chi connectivity index (χ2n) is 20.9. The third-order valence-corrected chi connectivity index (χ3v) is 15.8. The minimum atomic E-state index is 1.06. The minimum Gasteiger partial charge on any atom is -0.310 e. The molecular formula is C80H56N2. The lowest BCUT2D eigenvalue weighted by Gasteiger charge is -2.28. The van der Waals surface area contributed by atoms with Gasteiger partial charge in [-0.05, 0) is 184 Å². The summed E-state index contributed by atoms with van der Waals surface area (Å²) in [7, 11) is 0. The van der Waals surface area contributed by atoms with E-state index >= 15 is 0 Å². The van der Waals surface area contributed by atoms with Crippen molar-refractivity contribution >= 4 is 55.7 Å². The number of hydrogen-bond acceptors (Lipinski definition) is 2. The van der Waals surface area contributed by atoms with Crippen LogP contribution in [0, 0.1) is 0 Å². The molecule has 14 rings (SSSR count). The van der Waals surface area contributed by atoms with Gasteiger partial charge < -0.3 is 9.80 Å². The van der Waals surface area contributed by atoms with Crippen LogP contribution >= 0.6 is 0 Å². The standard InChI is InChI=1S/C80H56N2/c1-5-19-57(20-6-1)67-51-68(58-21-7-2-8-22-58)54-75(53-67)81(73-47-39-65(40-48-73)79-33-17-29-63-27-13-15-31-77(63)79)71-43-35-61(36-44-71)62-37-45-72(46-38-62)82(74-49-41-66(42-50-74)80-34-18-30-64-28-14-16-32-78(64)80)76-55-69(59-23-9-3-10-24-59)52-70(56-76)60-25-11-4-12-26-60/h1-56H. The number of rotatable bonds is 13. The van der Waals surface area contributed by atoms with Crippen LogP contribution in [0.3, 0.4) is 0 Å². The van der Waals surface area contributed by atoms with Crippen molar-refractivity contribution in [3.05, 3.63) is 340 Å². The maximum Gasteiger partial charge on any atom is 0.0473 e. The molecule has 0 saturated heterocycles. The predicted octanol–water partition coefficient (Wildman–Crippen LogP) is 22.6. The van der Waals surface area contributed by atoms with E-state index in [9.17, 15) is 0 Å². The molecular weight excluding hydrogens is 989 g/mol. The Morgan fingerprint density at radius 2 is 0.390 bits per heavy atom. The molecule has 2 heteroatoms. The third-order valence-electron chi connectivity index (χ3n) is 15.8. The summed E-state index contributed by atoms with van der Waals surface area (Å²) < 4.78 is 0. The topological polar surface area (TPSA) is 6.48 Å². The summed E-state index contributed by atoms with van der Waals surface area (Å²) in [5.74, 6) is 0. The second kappa shape index (κ2) is 22.1. The number of fused-ring (bicyclic) bond motifs is 2. The van der Waals surface area contributed by atoms with Crippen molar-refractivity contribution in [2.75, 3.05) is 9.80 Å². The molecule has 0 fully saturated rings. The van der Waals surface area contributed by atoms with Gasteiger partial charge in [0, 0.05) is 34.1 Å². The fourth-order valence-corrected chi connectivity index (χ4v) is 11.7. The molecule has 0 amide bonds. The summed E-state index contributed by atoms with van der Waals surface area (Å²) in [6.07, 6.45) is 0. The summed E-state index contributed by atoms with van der Waals surface area (Å²) >= 11 is 0. The van der Waals surface area contributed by atoms with E-state index in [-0.39, 0.29) is 0 Å². The van der Waals surface area contributed by atoms with Crippen molar-refractivity contribution in [1.82, 2.24) is 0 Å². The number of nitrogens with zero attached hydrogens (tertiary/aromatic N) is 2. The molecule has 0 aliphatic rings. The van der Waals surface area contributed by atoms with Gasteiger partial charge in [-0.3, -0.25) is 0 Å². The van der Waals surface area contributed by atoms with Gasteiger partial charge in [-0.2, -0.15) is 0 Å². The highest BCUT2D eigenvalue weighted by Gasteiger charge is 2.20. The Kier molecular flexibility index (Phi) is 13.4. The molecule has 14 aromatic carbocycles. The Labute approximate surface area is 480 Å². The molecule has 386 valence electrons. The van der Waals surface area contributed by atoms with Crippen LogP contribution in [-0.2, 0) is 0 Å². The monoisotopic (exact) mass is 1040 g/mol. The predicted molar refractivity (Wildman–Crippen MR) is 349 cm³/mol. The maximum absolute atomic E-state index is 2.40. The van der Waals surface area contributed by atoms with Crippen molar-refractivity contribution in [3.8, 4) is 77.9 Å². The van der Waals surface area contributed by atoms with Gasteiger partial charge in [-0.15, -0.1) is 0 Å². The lowest BCUT2D eigenvalue weighted by Crippen LogP contribution is -2.10. The van der Waals surface area contributed by atoms with Gasteiger partial charge >= 0.3 is 0 Å². The van der Waals surface area contributed by atoms with E-state index in [1.54, 1.807) is 0 Å². The van der Waals surface area contributed by atoms with Gasteiger partial charge in [0.05, 0.1) is 0 Å². The van der Waals surface area contributed by atoms with Gasteiger partial charge in [-0.1, -0.05) is 255 Å². The molecule has 82 heavy (non-hydrogen) atoms. The molecule has 0 N–H and O–H groups in total. The van der Waals surface area contributed by atoms with Gasteiger partial charge in [0.15, 0.2) is 0 Å². The molecule has 0 unspecified atom stereocenters. The summed E-state index contributed by atoms with van der Waals surface area (Å²) in [4.78, 5) is 4.80. The Bertz CT molecular complexity index is 4080. The number of benzene rings is 14. The molecule has 14 aromatic rings. The molecule has 0 heterocycles. The van der Waals surface area contributed by atoms with E-state index in [1.165, 1.54) is 66.1 Å². The fourth-order valence-electron chi connectivity index (χ4n) is 11.7. The lowest BCUT2D eigenvalue weighted by molar-refractivity contribution is 1.28. The highest BCUT2D eigenvalue weighted by molar-refractivity contribution is 5.99. The molecule has 0 saturated carbocycles. The minimum absolute atomic E-state index is 1.06. The Morgan fingerprint density at radius 1 is 0.146 bits per heavy atom. The van der Waals surface area contributed by atoms with Crippen LogP contribution in [0.2, 0.25) is 0 Å². The van der Waals surface area contributed by atoms with Crippen molar-refractivity contribution < 1.29 is 0 Å². The van der Waals surface area contributed by atoms with Crippen molar-refractivity contribution in [3.63, 3.8) is 0 Å². The Hall–Kier alpha value is -10.8. The molecule has 0 atom stereocenters. The van der Waals surface area contributed by atoms with E-state index in [0.717, 1.165) is 67.5 Å². The highest BCUT2D eigenvalue weighted by Crippen LogP contribution is 2.44. The van der Waals surface area contributed by atoms with Crippen LogP contribution in [0.25, 0.3) is 99.4 Å². The average molecular weight is 1050 g/mol. The van der Waals surface area contributed by atoms with Crippen LogP contribution < -0.4 is 9.80 Å². The fraction of sp³-hybridized carbons (Fsp3) is 0. The van der Waals surface area contributed by atoms with Gasteiger partial charge in [0.25, 0.3) is 0 Å². The molecule has 0 radical (unpaired) electrons. The smallest absolute Gasteiger partial charge is 0.0473 e. The first kappa shape index (κ1) is 49.5. The molecule has 0 aromatic heterocycles. The first-order valence-corrected chi connectivity index (χ1v) is 28.1. The normalized spacial score (nSPS) is 11.2. The van der Waals surface area contributed by atoms with Crippen molar-refractivity contribution in [2.45, 2.75) is 0 Å². The first-order valence-electron chi connectivity index (χ1n) is 28.1. The van der Waals surface area contributed by atoms with Gasteiger partial charge in [-0.25, -0.2) is 0 Å². The van der Waals surface area contributed by atoms with Gasteiger partial charge in [0.1, 0.15) is 0 Å². The largest absolute Gasteiger partial charge is 0.310 e. The van der Waals surface area contributed by atoms with E-state index in [2.05, 4.69) is 350 Å². The zero-order chi connectivity index (χ0) is 54.6. The first-order chi connectivity index (χ1) is 40.6. The summed E-state index contributed by atoms with van der Waals surface area (Å²) in [6, 6.07) is 123. The zero-order valence-electron chi connectivity index (χ0n) is 45.2. The zero-order valence-corrected chi connectivity index (χ0v) is 45.2. The molecule has 2 nitrogen and oxygen atoms in total. The SMILES string of the molecule is c1ccc(-c2cc(-c3ccccc3)cc(N(c3ccc(-c4ccc(N(c5ccc(-c6cccc7ccccc67)cc5)c5cc(-c6ccccc6)cc(-c6ccccc6)c5)cc4)cc3)c3ccc(-c4cccc5ccccc45)cc3)c2)cc1. The van der Waals surface area contributed by atoms with E-state index in [0.29, 0.717) is 0 Å². The highest BCUT2D eigenvalue weighted by atomic mass is 15.1. The molecule has 0 aliphatic carbocycles. The van der Waals surface area contributed by atoms with Crippen LogP contribution in [0.15, 0.2) is 340 Å². The molecule has 0 spiro atoms. The van der Waals surface area contributed by atoms with Crippen LogP contribution in [-0.4, -0.2) is 0 Å². The molecule has 0 aliphatic heterocycles. The lowest BCUT2D eigenvalue weighted by atomic mass is 9.96. The molecule has 0 bridgehead atoms. The quantitative estimate of drug-likeness (QED) is 0.114. The Balaban J connectivity index is 0.858. The summed E-state index contributed by atoms with van der Waals surface area (Å²) in [5.41, 5.74) is 22.8. The van der Waals surface area contributed by atoms with E-state index < -0.39 is 0 Å². The van der Waals surface area contributed by atoms with E-state index in [4.69, 9.17) is 0 Å². The second-order valence-corrected chi connectivity index (χ2v) is 20.9. The number of anilines is 6.